The highest BCUT2D eigenvalue weighted by molar-refractivity contribution is 7.16. The van der Waals surface area contributed by atoms with Crippen molar-refractivity contribution in [2.75, 3.05) is 5.43 Å². The van der Waals surface area contributed by atoms with Crippen LogP contribution >= 0.6 is 11.3 Å². The van der Waals surface area contributed by atoms with Gasteiger partial charge in [0, 0.05) is 5.71 Å². The maximum Gasteiger partial charge on any atom is 0.305 e. The van der Waals surface area contributed by atoms with Crippen molar-refractivity contribution in [2.45, 2.75) is 13.8 Å². The largest absolute Gasteiger partial charge is 0.312 e. The van der Waals surface area contributed by atoms with Crippen molar-refractivity contribution in [3.8, 4) is 0 Å². The zero-order chi connectivity index (χ0) is 10.8. The average molecular weight is 221 g/mol. The van der Waals surface area contributed by atoms with Crippen LogP contribution in [-0.2, 0) is 0 Å². The number of benzene rings is 1. The van der Waals surface area contributed by atoms with Crippen LogP contribution < -0.4 is 10.3 Å². The third kappa shape index (κ3) is 2.24. The van der Waals surface area contributed by atoms with E-state index in [1.54, 1.807) is 0 Å². The van der Waals surface area contributed by atoms with Crippen molar-refractivity contribution < 1.29 is 0 Å². The number of rotatable bonds is 2. The predicted octanol–water partition coefficient (Wildman–Crippen LogP) is 2.40. The van der Waals surface area contributed by atoms with Crippen LogP contribution in [0.2, 0.25) is 0 Å². The van der Waals surface area contributed by atoms with Crippen molar-refractivity contribution >= 4 is 33.0 Å². The Bertz CT molecular complexity index is 563. The maximum atomic E-state index is 11.1. The second-order valence-corrected chi connectivity index (χ2v) is 4.41. The van der Waals surface area contributed by atoms with E-state index in [9.17, 15) is 4.79 Å². The van der Waals surface area contributed by atoms with Gasteiger partial charge in [0.25, 0.3) is 0 Å². The molecule has 15 heavy (non-hydrogen) atoms. The van der Waals surface area contributed by atoms with E-state index in [2.05, 4.69) is 15.5 Å². The molecule has 0 spiro atoms. The van der Waals surface area contributed by atoms with Gasteiger partial charge in [0.1, 0.15) is 0 Å². The first-order valence-electron chi connectivity index (χ1n) is 4.55. The molecule has 0 aliphatic heterocycles. The van der Waals surface area contributed by atoms with Crippen LogP contribution in [0.4, 0.5) is 5.69 Å². The molecule has 0 unspecified atom stereocenters. The monoisotopic (exact) mass is 221 g/mol. The molecule has 78 valence electrons. The van der Waals surface area contributed by atoms with Crippen molar-refractivity contribution in [3.05, 3.63) is 27.9 Å². The van der Waals surface area contributed by atoms with E-state index in [4.69, 9.17) is 0 Å². The smallest absolute Gasteiger partial charge is 0.305 e. The standard InChI is InChI=1S/C10H11N3OS/c1-6(2)12-13-7-3-4-8-9(5-7)15-10(14)11-8/h3-5,13H,1-2H3,(H,11,14). The number of hydrazone groups is 1. The molecule has 0 fully saturated rings. The summed E-state index contributed by atoms with van der Waals surface area (Å²) in [7, 11) is 0. The Balaban J connectivity index is 2.38. The molecule has 2 rings (SSSR count). The van der Waals surface area contributed by atoms with Gasteiger partial charge >= 0.3 is 4.87 Å². The fourth-order valence-corrected chi connectivity index (χ4v) is 1.97. The second kappa shape index (κ2) is 3.86. The number of thiazole rings is 1. The van der Waals surface area contributed by atoms with E-state index >= 15 is 0 Å². The number of aromatic nitrogens is 1. The number of nitrogens with one attached hydrogen (secondary N) is 2. The molecule has 2 aromatic rings. The van der Waals surface area contributed by atoms with Gasteiger partial charge in [0.05, 0.1) is 15.9 Å². The van der Waals surface area contributed by atoms with E-state index in [0.29, 0.717) is 0 Å². The molecule has 1 aromatic heterocycles. The van der Waals surface area contributed by atoms with E-state index in [1.165, 1.54) is 11.3 Å². The van der Waals surface area contributed by atoms with Crippen molar-refractivity contribution in [3.63, 3.8) is 0 Å². The van der Waals surface area contributed by atoms with Crippen LogP contribution in [0.15, 0.2) is 28.1 Å². The molecular formula is C10H11N3OS. The van der Waals surface area contributed by atoms with Gasteiger partial charge in [-0.05, 0) is 32.0 Å². The molecular weight excluding hydrogens is 210 g/mol. The zero-order valence-corrected chi connectivity index (χ0v) is 9.31. The molecule has 0 amide bonds. The predicted molar refractivity (Wildman–Crippen MR) is 64.9 cm³/mol. The Labute approximate surface area is 90.6 Å². The molecule has 0 atom stereocenters. The minimum Gasteiger partial charge on any atom is -0.312 e. The number of fused-ring (bicyclic) bond motifs is 1. The van der Waals surface area contributed by atoms with Crippen molar-refractivity contribution in [2.24, 2.45) is 5.10 Å². The van der Waals surface area contributed by atoms with E-state index in [0.717, 1.165) is 21.6 Å². The fraction of sp³-hybridized carbons (Fsp3) is 0.200. The third-order valence-electron chi connectivity index (χ3n) is 1.83. The van der Waals surface area contributed by atoms with Gasteiger partial charge in [-0.1, -0.05) is 11.3 Å². The maximum absolute atomic E-state index is 11.1. The molecule has 0 bridgehead atoms. The summed E-state index contributed by atoms with van der Waals surface area (Å²) in [6, 6.07) is 5.66. The number of anilines is 1. The van der Waals surface area contributed by atoms with Crippen LogP contribution in [0.25, 0.3) is 10.2 Å². The normalized spacial score (nSPS) is 10.3. The minimum atomic E-state index is -0.0303. The lowest BCUT2D eigenvalue weighted by molar-refractivity contribution is 1.32. The topological polar surface area (TPSA) is 57.2 Å². The lowest BCUT2D eigenvalue weighted by Crippen LogP contribution is -1.92. The average Bonchev–Trinajstić information content (AvgIpc) is 2.53. The summed E-state index contributed by atoms with van der Waals surface area (Å²) < 4.78 is 0.939. The molecule has 1 aromatic carbocycles. The Morgan fingerprint density at radius 3 is 3.00 bits per heavy atom. The third-order valence-corrected chi connectivity index (χ3v) is 2.67. The van der Waals surface area contributed by atoms with Gasteiger partial charge < -0.3 is 4.98 Å². The van der Waals surface area contributed by atoms with Gasteiger partial charge in [-0.25, -0.2) is 0 Å². The molecule has 0 saturated carbocycles. The lowest BCUT2D eigenvalue weighted by Gasteiger charge is -2.00. The first kappa shape index (κ1) is 9.92. The Kier molecular flexibility index (Phi) is 2.55. The quantitative estimate of drug-likeness (QED) is 0.604. The van der Waals surface area contributed by atoms with Crippen LogP contribution in [-0.4, -0.2) is 10.7 Å². The first-order valence-corrected chi connectivity index (χ1v) is 5.36. The number of nitrogens with zero attached hydrogens (tertiary/aromatic N) is 1. The number of hydrogen-bond donors (Lipinski definition) is 2. The summed E-state index contributed by atoms with van der Waals surface area (Å²) >= 11 is 1.20. The molecule has 2 N–H and O–H groups in total. The van der Waals surface area contributed by atoms with Gasteiger partial charge in [0.2, 0.25) is 0 Å². The summed E-state index contributed by atoms with van der Waals surface area (Å²) in [5.74, 6) is 0. The van der Waals surface area contributed by atoms with Gasteiger partial charge in [-0.2, -0.15) is 5.10 Å². The first-order chi connectivity index (χ1) is 7.15. The number of hydrogen-bond acceptors (Lipinski definition) is 4. The molecule has 0 aliphatic carbocycles. The molecule has 1 heterocycles. The highest BCUT2D eigenvalue weighted by atomic mass is 32.1. The molecule has 0 aliphatic rings. The summed E-state index contributed by atoms with van der Waals surface area (Å²) in [5.41, 5.74) is 5.64. The SMILES string of the molecule is CC(C)=NNc1ccc2[nH]c(=O)sc2c1. The van der Waals surface area contributed by atoms with Crippen LogP contribution in [0.5, 0.6) is 0 Å². The van der Waals surface area contributed by atoms with Crippen LogP contribution in [0, 0.1) is 0 Å². The second-order valence-electron chi connectivity index (χ2n) is 3.40. The number of H-pyrrole nitrogens is 1. The van der Waals surface area contributed by atoms with Gasteiger partial charge in [0.15, 0.2) is 0 Å². The Morgan fingerprint density at radius 1 is 1.47 bits per heavy atom. The molecule has 0 radical (unpaired) electrons. The van der Waals surface area contributed by atoms with Crippen LogP contribution in [0.1, 0.15) is 13.8 Å². The Hall–Kier alpha value is -1.62. The van der Waals surface area contributed by atoms with Crippen molar-refractivity contribution in [1.82, 2.24) is 4.98 Å². The fourth-order valence-electron chi connectivity index (χ4n) is 1.19. The summed E-state index contributed by atoms with van der Waals surface area (Å²) in [6.45, 7) is 3.83. The van der Waals surface area contributed by atoms with E-state index < -0.39 is 0 Å². The molecule has 0 saturated heterocycles. The van der Waals surface area contributed by atoms with Crippen molar-refractivity contribution in [1.29, 1.82) is 0 Å². The summed E-state index contributed by atoms with van der Waals surface area (Å²) in [6.07, 6.45) is 0. The highest BCUT2D eigenvalue weighted by Gasteiger charge is 1.99. The zero-order valence-electron chi connectivity index (χ0n) is 8.50. The van der Waals surface area contributed by atoms with Gasteiger partial charge in [-0.15, -0.1) is 0 Å². The molecule has 4 nitrogen and oxygen atoms in total. The highest BCUT2D eigenvalue weighted by Crippen LogP contribution is 2.19. The number of aromatic amines is 1. The van der Waals surface area contributed by atoms with E-state index in [1.807, 2.05) is 32.0 Å². The summed E-state index contributed by atoms with van der Waals surface area (Å²) in [4.78, 5) is 13.8. The van der Waals surface area contributed by atoms with Gasteiger partial charge in [-0.3, -0.25) is 10.2 Å². The Morgan fingerprint density at radius 2 is 2.27 bits per heavy atom. The minimum absolute atomic E-state index is 0.0303. The summed E-state index contributed by atoms with van der Waals surface area (Å²) in [5, 5.41) is 4.09. The van der Waals surface area contributed by atoms with E-state index in [-0.39, 0.29) is 4.87 Å². The lowest BCUT2D eigenvalue weighted by atomic mass is 10.3. The van der Waals surface area contributed by atoms with Crippen LogP contribution in [0.3, 0.4) is 0 Å². The molecule has 5 heteroatoms.